The lowest BCUT2D eigenvalue weighted by atomic mass is 10.0. The molecule has 8 nitrogen and oxygen atoms in total. The zero-order chi connectivity index (χ0) is 21.8. The standard InChI is InChI=1S/C16H28O4.C4H4O4/c1-2-3-4-5-6-7-8-9-10-11-12-14(16(19)20)13-15(17)18;5-3(6)1-2-4(7)8/h11-12,14H,2-10,13H2,1H3,(H,17,18)(H,19,20);1-2H,(H,5,6)(H,7,8)/b;2-1+. The molecule has 4 N–H and O–H groups in total. The maximum absolute atomic E-state index is 10.8. The van der Waals surface area contributed by atoms with Crippen LogP contribution in [0.15, 0.2) is 24.3 Å². The van der Waals surface area contributed by atoms with E-state index in [1.807, 2.05) is 0 Å². The Labute approximate surface area is 165 Å². The van der Waals surface area contributed by atoms with Gasteiger partial charge in [-0.05, 0) is 12.8 Å². The molecule has 0 aromatic rings. The second-order valence-electron chi connectivity index (χ2n) is 6.24. The summed E-state index contributed by atoms with van der Waals surface area (Å²) >= 11 is 0. The number of hydrogen-bond acceptors (Lipinski definition) is 4. The van der Waals surface area contributed by atoms with E-state index in [1.165, 1.54) is 44.6 Å². The summed E-state index contributed by atoms with van der Waals surface area (Å²) in [7, 11) is 0. The summed E-state index contributed by atoms with van der Waals surface area (Å²) < 4.78 is 0. The number of allylic oxidation sites excluding steroid dienone is 1. The summed E-state index contributed by atoms with van der Waals surface area (Å²) in [5.41, 5.74) is 0. The first-order valence-electron chi connectivity index (χ1n) is 9.45. The van der Waals surface area contributed by atoms with E-state index in [1.54, 1.807) is 6.08 Å². The average molecular weight is 400 g/mol. The lowest BCUT2D eigenvalue weighted by Gasteiger charge is -2.03. The van der Waals surface area contributed by atoms with Crippen LogP contribution in [0, 0.1) is 5.92 Å². The van der Waals surface area contributed by atoms with E-state index in [-0.39, 0.29) is 6.42 Å². The minimum atomic E-state index is -1.26. The topological polar surface area (TPSA) is 149 Å². The molecular weight excluding hydrogens is 368 g/mol. The number of carbonyl (C=O) groups is 4. The zero-order valence-electron chi connectivity index (χ0n) is 16.4. The third-order valence-corrected chi connectivity index (χ3v) is 3.67. The molecule has 1 unspecified atom stereocenters. The van der Waals surface area contributed by atoms with E-state index in [9.17, 15) is 19.2 Å². The predicted octanol–water partition coefficient (Wildman–Crippen LogP) is 3.96. The lowest BCUT2D eigenvalue weighted by molar-refractivity contribution is -0.146. The first-order valence-corrected chi connectivity index (χ1v) is 9.45. The molecule has 0 saturated heterocycles. The lowest BCUT2D eigenvalue weighted by Crippen LogP contribution is -2.15. The van der Waals surface area contributed by atoms with E-state index in [2.05, 4.69) is 6.92 Å². The number of unbranched alkanes of at least 4 members (excludes halogenated alkanes) is 8. The van der Waals surface area contributed by atoms with Crippen LogP contribution in [-0.4, -0.2) is 44.3 Å². The molecule has 0 rings (SSSR count). The first-order chi connectivity index (χ1) is 13.2. The SMILES string of the molecule is CCCCCCCCCCC=CC(CC(=O)O)C(=O)O.O=C(O)/C=C/C(=O)O. The third kappa shape index (κ3) is 23.4. The Bertz CT molecular complexity index is 506. The van der Waals surface area contributed by atoms with E-state index < -0.39 is 29.8 Å². The maximum Gasteiger partial charge on any atom is 0.328 e. The van der Waals surface area contributed by atoms with Crippen LogP contribution in [0.5, 0.6) is 0 Å². The fourth-order valence-corrected chi connectivity index (χ4v) is 2.22. The van der Waals surface area contributed by atoms with Crippen LogP contribution in [0.3, 0.4) is 0 Å². The van der Waals surface area contributed by atoms with Crippen LogP contribution in [-0.2, 0) is 19.2 Å². The molecule has 0 aromatic heterocycles. The maximum atomic E-state index is 10.8. The zero-order valence-corrected chi connectivity index (χ0v) is 16.4. The van der Waals surface area contributed by atoms with Gasteiger partial charge in [0.1, 0.15) is 0 Å². The van der Waals surface area contributed by atoms with Gasteiger partial charge in [-0.2, -0.15) is 0 Å². The average Bonchev–Trinajstić information content (AvgIpc) is 2.60. The normalized spacial score (nSPS) is 11.8. The molecule has 0 aliphatic carbocycles. The molecule has 0 saturated carbocycles. The molecule has 0 amide bonds. The number of rotatable bonds is 15. The molecular formula is C20H32O8. The summed E-state index contributed by atoms with van der Waals surface area (Å²) in [5, 5.41) is 33.1. The molecule has 0 aliphatic heterocycles. The third-order valence-electron chi connectivity index (χ3n) is 3.67. The molecule has 1 atom stereocenters. The van der Waals surface area contributed by atoms with Crippen LogP contribution >= 0.6 is 0 Å². The van der Waals surface area contributed by atoms with E-state index in [0.29, 0.717) is 12.2 Å². The van der Waals surface area contributed by atoms with E-state index in [0.717, 1.165) is 19.3 Å². The molecule has 0 fully saturated rings. The second kappa shape index (κ2) is 19.1. The smallest absolute Gasteiger partial charge is 0.328 e. The number of hydrogen-bond donors (Lipinski definition) is 4. The van der Waals surface area contributed by atoms with Crippen molar-refractivity contribution in [1.29, 1.82) is 0 Å². The largest absolute Gasteiger partial charge is 0.481 e. The Morgan fingerprint density at radius 3 is 1.61 bits per heavy atom. The van der Waals surface area contributed by atoms with Gasteiger partial charge in [0.2, 0.25) is 0 Å². The number of carboxylic acids is 4. The molecule has 0 heterocycles. The van der Waals surface area contributed by atoms with Crippen LogP contribution in [0.1, 0.15) is 71.1 Å². The van der Waals surface area contributed by atoms with E-state index >= 15 is 0 Å². The summed E-state index contributed by atoms with van der Waals surface area (Å²) in [6.07, 6.45) is 14.9. The van der Waals surface area contributed by atoms with Crippen molar-refractivity contribution in [1.82, 2.24) is 0 Å². The predicted molar refractivity (Wildman–Crippen MR) is 104 cm³/mol. The molecule has 0 aromatic carbocycles. The van der Waals surface area contributed by atoms with Crippen LogP contribution in [0.4, 0.5) is 0 Å². The van der Waals surface area contributed by atoms with Gasteiger partial charge in [-0.25, -0.2) is 9.59 Å². The highest BCUT2D eigenvalue weighted by atomic mass is 16.4. The van der Waals surface area contributed by atoms with Crippen molar-refractivity contribution >= 4 is 23.9 Å². The van der Waals surface area contributed by atoms with Crippen LogP contribution in [0.2, 0.25) is 0 Å². The van der Waals surface area contributed by atoms with Crippen molar-refractivity contribution in [3.63, 3.8) is 0 Å². The number of aliphatic carboxylic acids is 4. The van der Waals surface area contributed by atoms with Gasteiger partial charge in [-0.3, -0.25) is 9.59 Å². The van der Waals surface area contributed by atoms with Gasteiger partial charge < -0.3 is 20.4 Å². The molecule has 28 heavy (non-hydrogen) atoms. The molecule has 160 valence electrons. The highest BCUT2D eigenvalue weighted by molar-refractivity contribution is 5.89. The molecule has 8 heteroatoms. The summed E-state index contributed by atoms with van der Waals surface area (Å²) in [4.78, 5) is 40.4. The summed E-state index contributed by atoms with van der Waals surface area (Å²) in [6, 6.07) is 0. The van der Waals surface area contributed by atoms with Crippen molar-refractivity contribution < 1.29 is 39.6 Å². The first kappa shape index (κ1) is 27.6. The van der Waals surface area contributed by atoms with Crippen molar-refractivity contribution in [2.75, 3.05) is 0 Å². The van der Waals surface area contributed by atoms with Crippen molar-refractivity contribution in [3.8, 4) is 0 Å². The Kier molecular flexibility index (Phi) is 18.8. The van der Waals surface area contributed by atoms with Gasteiger partial charge in [0, 0.05) is 12.2 Å². The van der Waals surface area contributed by atoms with Gasteiger partial charge in [0.15, 0.2) is 0 Å². The monoisotopic (exact) mass is 400 g/mol. The molecule has 0 bridgehead atoms. The van der Waals surface area contributed by atoms with Gasteiger partial charge in [-0.15, -0.1) is 0 Å². The van der Waals surface area contributed by atoms with E-state index in [4.69, 9.17) is 20.4 Å². The minimum absolute atomic E-state index is 0.344. The Morgan fingerprint density at radius 1 is 0.750 bits per heavy atom. The van der Waals surface area contributed by atoms with Crippen LogP contribution in [0.25, 0.3) is 0 Å². The van der Waals surface area contributed by atoms with Gasteiger partial charge >= 0.3 is 23.9 Å². The van der Waals surface area contributed by atoms with Gasteiger partial charge in [-0.1, -0.05) is 64.0 Å². The Morgan fingerprint density at radius 2 is 1.21 bits per heavy atom. The summed E-state index contributed by atoms with van der Waals surface area (Å²) in [5.74, 6) is -5.56. The fourth-order valence-electron chi connectivity index (χ4n) is 2.22. The Balaban J connectivity index is 0. The molecule has 0 radical (unpaired) electrons. The summed E-state index contributed by atoms with van der Waals surface area (Å²) in [6.45, 7) is 2.21. The highest BCUT2D eigenvalue weighted by Gasteiger charge is 2.17. The van der Waals surface area contributed by atoms with Crippen molar-refractivity contribution in [2.24, 2.45) is 5.92 Å². The number of carboxylic acid groups (broad SMARTS) is 4. The minimum Gasteiger partial charge on any atom is -0.481 e. The van der Waals surface area contributed by atoms with Crippen LogP contribution < -0.4 is 0 Å². The van der Waals surface area contributed by atoms with Crippen molar-refractivity contribution in [2.45, 2.75) is 71.1 Å². The van der Waals surface area contributed by atoms with Gasteiger partial charge in [0.25, 0.3) is 0 Å². The molecule has 0 aliphatic rings. The fraction of sp³-hybridized carbons (Fsp3) is 0.600. The Hall–Kier alpha value is -2.64. The molecule has 0 spiro atoms. The van der Waals surface area contributed by atoms with Gasteiger partial charge in [0.05, 0.1) is 12.3 Å². The second-order valence-corrected chi connectivity index (χ2v) is 6.24. The highest BCUT2D eigenvalue weighted by Crippen LogP contribution is 2.11. The quantitative estimate of drug-likeness (QED) is 0.183. The van der Waals surface area contributed by atoms with Crippen molar-refractivity contribution in [3.05, 3.63) is 24.3 Å².